The van der Waals surface area contributed by atoms with Crippen molar-refractivity contribution in [3.05, 3.63) is 95.6 Å². The second-order valence-corrected chi connectivity index (χ2v) is 6.14. The quantitative estimate of drug-likeness (QED) is 0.412. The lowest BCUT2D eigenvalue weighted by atomic mass is 9.95. The predicted octanol–water partition coefficient (Wildman–Crippen LogP) is 5.52. The number of carbonyl (C=O) groups excluding carboxylic acids is 1. The maximum Gasteiger partial charge on any atom is 0.167 e. The van der Waals surface area contributed by atoms with Crippen LogP contribution in [0, 0.1) is 0 Å². The van der Waals surface area contributed by atoms with Gasteiger partial charge in [0.15, 0.2) is 5.78 Å². The summed E-state index contributed by atoms with van der Waals surface area (Å²) in [7, 11) is 3.25. The van der Waals surface area contributed by atoms with Crippen LogP contribution in [0.2, 0.25) is 0 Å². The summed E-state index contributed by atoms with van der Waals surface area (Å²) in [5, 5.41) is 0. The van der Waals surface area contributed by atoms with E-state index in [-0.39, 0.29) is 5.78 Å². The van der Waals surface area contributed by atoms with Gasteiger partial charge in [-0.25, -0.2) is 0 Å². The average molecular weight is 358 g/mol. The Bertz CT molecular complexity index is 925. The van der Waals surface area contributed by atoms with Gasteiger partial charge in [0.1, 0.15) is 11.5 Å². The Kier molecular flexibility index (Phi) is 6.06. The van der Waals surface area contributed by atoms with Crippen LogP contribution in [0.5, 0.6) is 11.5 Å². The fourth-order valence-electron chi connectivity index (χ4n) is 2.86. The number of carbonyl (C=O) groups is 1. The van der Waals surface area contributed by atoms with E-state index in [0.29, 0.717) is 17.7 Å². The molecule has 0 fully saturated rings. The van der Waals surface area contributed by atoms with Crippen molar-refractivity contribution >= 4 is 17.4 Å². The van der Waals surface area contributed by atoms with E-state index < -0.39 is 0 Å². The summed E-state index contributed by atoms with van der Waals surface area (Å²) in [6.45, 7) is 0. The van der Waals surface area contributed by atoms with Crippen molar-refractivity contribution in [2.45, 2.75) is 6.42 Å². The number of methoxy groups -OCH3 is 2. The summed E-state index contributed by atoms with van der Waals surface area (Å²) in [5.74, 6) is 1.54. The van der Waals surface area contributed by atoms with Crippen molar-refractivity contribution in [1.29, 1.82) is 0 Å². The number of hydrogen-bond donors (Lipinski definition) is 0. The van der Waals surface area contributed by atoms with Gasteiger partial charge in [0.2, 0.25) is 0 Å². The number of hydrogen-bond acceptors (Lipinski definition) is 3. The molecule has 3 rings (SSSR count). The van der Waals surface area contributed by atoms with Crippen molar-refractivity contribution in [2.24, 2.45) is 0 Å². The molecule has 0 aliphatic rings. The zero-order chi connectivity index (χ0) is 19.1. The molecule has 0 spiro atoms. The van der Waals surface area contributed by atoms with E-state index >= 15 is 0 Å². The number of benzene rings is 3. The highest BCUT2D eigenvalue weighted by Gasteiger charge is 2.12. The van der Waals surface area contributed by atoms with Crippen LogP contribution < -0.4 is 9.47 Å². The number of allylic oxidation sites excluding steroid dienone is 1. The van der Waals surface area contributed by atoms with Gasteiger partial charge in [-0.15, -0.1) is 0 Å². The molecule has 3 aromatic rings. The summed E-state index contributed by atoms with van der Waals surface area (Å²) in [6, 6.07) is 25.0. The molecule has 0 aliphatic carbocycles. The zero-order valence-corrected chi connectivity index (χ0v) is 15.5. The summed E-state index contributed by atoms with van der Waals surface area (Å²) < 4.78 is 10.4. The minimum absolute atomic E-state index is 0.0533. The minimum atomic E-state index is 0.0533. The van der Waals surface area contributed by atoms with Gasteiger partial charge in [0.05, 0.1) is 14.2 Å². The Labute approximate surface area is 159 Å². The first kappa shape index (κ1) is 18.5. The second kappa shape index (κ2) is 8.86. The topological polar surface area (TPSA) is 35.5 Å². The molecule has 0 amide bonds. The van der Waals surface area contributed by atoms with Gasteiger partial charge in [-0.1, -0.05) is 60.7 Å². The van der Waals surface area contributed by atoms with Gasteiger partial charge >= 0.3 is 0 Å². The molecule has 3 aromatic carbocycles. The largest absolute Gasteiger partial charge is 0.497 e. The lowest BCUT2D eigenvalue weighted by Gasteiger charge is -2.09. The van der Waals surface area contributed by atoms with Crippen molar-refractivity contribution in [3.63, 3.8) is 0 Å². The van der Waals surface area contributed by atoms with Crippen molar-refractivity contribution in [2.75, 3.05) is 14.2 Å². The van der Waals surface area contributed by atoms with E-state index in [1.807, 2.05) is 78.9 Å². The van der Waals surface area contributed by atoms with Crippen LogP contribution >= 0.6 is 0 Å². The fraction of sp³-hybridized carbons (Fsp3) is 0.125. The SMILES string of the molecule is COc1ccc(C=C(CC(=O)c2cccc(OC)c2)c2ccccc2)cc1. The maximum absolute atomic E-state index is 12.9. The standard InChI is InChI=1S/C24H22O3/c1-26-22-13-11-18(12-14-22)15-21(19-7-4-3-5-8-19)17-24(25)20-9-6-10-23(16-20)27-2/h3-16H,17H2,1-2H3. The van der Waals surface area contributed by atoms with Crippen molar-refractivity contribution in [1.82, 2.24) is 0 Å². The highest BCUT2D eigenvalue weighted by atomic mass is 16.5. The molecule has 0 radical (unpaired) electrons. The van der Waals surface area contributed by atoms with Gasteiger partial charge in [0.25, 0.3) is 0 Å². The van der Waals surface area contributed by atoms with Crippen LogP contribution in [-0.4, -0.2) is 20.0 Å². The van der Waals surface area contributed by atoms with E-state index in [9.17, 15) is 4.79 Å². The third kappa shape index (κ3) is 4.85. The highest BCUT2D eigenvalue weighted by molar-refractivity contribution is 6.04. The lowest BCUT2D eigenvalue weighted by Crippen LogP contribution is -2.01. The monoisotopic (exact) mass is 358 g/mol. The van der Waals surface area contributed by atoms with E-state index in [1.54, 1.807) is 20.3 Å². The molecule has 136 valence electrons. The molecule has 0 saturated heterocycles. The molecule has 27 heavy (non-hydrogen) atoms. The van der Waals surface area contributed by atoms with Crippen molar-refractivity contribution < 1.29 is 14.3 Å². The number of rotatable bonds is 7. The Morgan fingerprint density at radius 2 is 1.44 bits per heavy atom. The van der Waals surface area contributed by atoms with Gasteiger partial charge in [-0.05, 0) is 41.0 Å². The van der Waals surface area contributed by atoms with Crippen LogP contribution in [0.25, 0.3) is 11.6 Å². The molecule has 3 nitrogen and oxygen atoms in total. The Balaban J connectivity index is 1.92. The molecule has 0 N–H and O–H groups in total. The predicted molar refractivity (Wildman–Crippen MR) is 109 cm³/mol. The van der Waals surface area contributed by atoms with Crippen LogP contribution in [-0.2, 0) is 0 Å². The van der Waals surface area contributed by atoms with Gasteiger partial charge in [0, 0.05) is 12.0 Å². The van der Waals surface area contributed by atoms with Crippen LogP contribution in [0.4, 0.5) is 0 Å². The normalized spacial score (nSPS) is 11.1. The van der Waals surface area contributed by atoms with E-state index in [0.717, 1.165) is 22.4 Å². The Morgan fingerprint density at radius 1 is 0.778 bits per heavy atom. The van der Waals surface area contributed by atoms with Gasteiger partial charge in [-0.3, -0.25) is 4.79 Å². The van der Waals surface area contributed by atoms with Crippen LogP contribution in [0.15, 0.2) is 78.9 Å². The molecule has 0 unspecified atom stereocenters. The molecule has 0 atom stereocenters. The molecule has 0 heterocycles. The minimum Gasteiger partial charge on any atom is -0.497 e. The molecular weight excluding hydrogens is 336 g/mol. The number of Topliss-reactive ketones (excluding diaryl/α,β-unsaturated/α-hetero) is 1. The smallest absolute Gasteiger partial charge is 0.167 e. The number of ketones is 1. The molecule has 0 bridgehead atoms. The molecule has 0 aromatic heterocycles. The first-order valence-electron chi connectivity index (χ1n) is 8.77. The highest BCUT2D eigenvalue weighted by Crippen LogP contribution is 2.25. The van der Waals surface area contributed by atoms with Gasteiger partial charge in [-0.2, -0.15) is 0 Å². The summed E-state index contributed by atoms with van der Waals surface area (Å²) in [5.41, 5.74) is 3.66. The summed E-state index contributed by atoms with van der Waals surface area (Å²) in [6.07, 6.45) is 2.36. The molecular formula is C24H22O3. The first-order valence-corrected chi connectivity index (χ1v) is 8.77. The Hall–Kier alpha value is -3.33. The van der Waals surface area contributed by atoms with E-state index in [2.05, 4.69) is 0 Å². The molecule has 0 saturated carbocycles. The fourth-order valence-corrected chi connectivity index (χ4v) is 2.86. The second-order valence-electron chi connectivity index (χ2n) is 6.14. The summed E-state index contributed by atoms with van der Waals surface area (Å²) >= 11 is 0. The third-order valence-electron chi connectivity index (χ3n) is 4.34. The molecule has 3 heteroatoms. The summed E-state index contributed by atoms with van der Waals surface area (Å²) in [4.78, 5) is 12.9. The van der Waals surface area contributed by atoms with Crippen LogP contribution in [0.1, 0.15) is 27.9 Å². The number of ether oxygens (including phenoxy) is 2. The zero-order valence-electron chi connectivity index (χ0n) is 15.5. The molecule has 0 aliphatic heterocycles. The third-order valence-corrected chi connectivity index (χ3v) is 4.34. The maximum atomic E-state index is 12.9. The van der Waals surface area contributed by atoms with E-state index in [4.69, 9.17) is 9.47 Å². The van der Waals surface area contributed by atoms with Gasteiger partial charge < -0.3 is 9.47 Å². The Morgan fingerprint density at radius 3 is 2.11 bits per heavy atom. The average Bonchev–Trinajstić information content (AvgIpc) is 2.74. The van der Waals surface area contributed by atoms with Crippen LogP contribution in [0.3, 0.4) is 0 Å². The first-order chi connectivity index (χ1) is 13.2. The van der Waals surface area contributed by atoms with E-state index in [1.165, 1.54) is 0 Å². The lowest BCUT2D eigenvalue weighted by molar-refractivity contribution is 0.0998. The van der Waals surface area contributed by atoms with Crippen molar-refractivity contribution in [3.8, 4) is 11.5 Å².